The molecule has 3 saturated heterocycles. The van der Waals surface area contributed by atoms with Gasteiger partial charge in [0.1, 0.15) is 11.6 Å². The molecule has 3 fully saturated rings. The van der Waals surface area contributed by atoms with Crippen LogP contribution in [0.25, 0.3) is 0 Å². The second-order valence-electron chi connectivity index (χ2n) is 10.3. The van der Waals surface area contributed by atoms with E-state index in [1.807, 2.05) is 20.8 Å². The summed E-state index contributed by atoms with van der Waals surface area (Å²) >= 11 is 0. The maximum absolute atomic E-state index is 14.0. The van der Waals surface area contributed by atoms with Crippen LogP contribution in [0.4, 0.5) is 0 Å². The minimum atomic E-state index is -1.10. The van der Waals surface area contributed by atoms with Gasteiger partial charge in [0.2, 0.25) is 11.8 Å². The lowest BCUT2D eigenvalue weighted by Gasteiger charge is -2.43. The number of likely N-dealkylation sites (tertiary alicyclic amines) is 1. The first-order chi connectivity index (χ1) is 15.5. The number of hydrogen-bond acceptors (Lipinski definition) is 6. The predicted octanol–water partition coefficient (Wildman–Crippen LogP) is 2.06. The third kappa shape index (κ3) is 4.23. The van der Waals surface area contributed by atoms with Crippen LogP contribution in [0.3, 0.4) is 0 Å². The number of amides is 2. The van der Waals surface area contributed by atoms with Gasteiger partial charge < -0.3 is 24.4 Å². The van der Waals surface area contributed by atoms with E-state index < -0.39 is 47.1 Å². The van der Waals surface area contributed by atoms with Gasteiger partial charge in [-0.25, -0.2) is 0 Å². The molecule has 1 spiro atoms. The van der Waals surface area contributed by atoms with Crippen LogP contribution in [0.2, 0.25) is 0 Å². The van der Waals surface area contributed by atoms with Gasteiger partial charge in [-0.15, -0.1) is 13.2 Å². The van der Waals surface area contributed by atoms with Crippen molar-refractivity contribution in [3.63, 3.8) is 0 Å². The van der Waals surface area contributed by atoms with E-state index in [4.69, 9.17) is 9.47 Å². The Labute approximate surface area is 196 Å². The summed E-state index contributed by atoms with van der Waals surface area (Å²) in [6.45, 7) is 15.2. The van der Waals surface area contributed by atoms with Crippen molar-refractivity contribution in [3.8, 4) is 0 Å². The summed E-state index contributed by atoms with van der Waals surface area (Å²) in [6.07, 6.45) is 5.45. The van der Waals surface area contributed by atoms with Gasteiger partial charge in [-0.3, -0.25) is 14.4 Å². The molecule has 0 radical (unpaired) electrons. The Balaban J connectivity index is 1.98. The predicted molar refractivity (Wildman–Crippen MR) is 123 cm³/mol. The smallest absolute Gasteiger partial charge is 0.312 e. The van der Waals surface area contributed by atoms with Crippen LogP contribution >= 0.6 is 0 Å². The highest BCUT2D eigenvalue weighted by molar-refractivity contribution is 5.98. The number of esters is 1. The van der Waals surface area contributed by atoms with E-state index in [1.165, 1.54) is 4.90 Å². The molecule has 33 heavy (non-hydrogen) atoms. The summed E-state index contributed by atoms with van der Waals surface area (Å²) < 4.78 is 11.9. The number of carbonyl (C=O) groups is 3. The molecule has 3 rings (SSSR count). The summed E-state index contributed by atoms with van der Waals surface area (Å²) in [5, 5.41) is 9.91. The number of rotatable bonds is 10. The first-order valence-electron chi connectivity index (χ1n) is 11.9. The van der Waals surface area contributed by atoms with Crippen molar-refractivity contribution in [2.45, 2.75) is 82.7 Å². The first-order valence-corrected chi connectivity index (χ1v) is 11.9. The first kappa shape index (κ1) is 25.4. The summed E-state index contributed by atoms with van der Waals surface area (Å²) in [6, 6.07) is -1.51. The fourth-order valence-electron chi connectivity index (χ4n) is 5.67. The van der Waals surface area contributed by atoms with Gasteiger partial charge in [-0.1, -0.05) is 12.2 Å². The van der Waals surface area contributed by atoms with E-state index in [1.54, 1.807) is 24.0 Å². The van der Waals surface area contributed by atoms with Crippen LogP contribution in [0.5, 0.6) is 0 Å². The number of nitrogens with zero attached hydrogens (tertiary/aromatic N) is 2. The van der Waals surface area contributed by atoms with E-state index in [2.05, 4.69) is 13.2 Å². The molecule has 184 valence electrons. The maximum atomic E-state index is 14.0. The van der Waals surface area contributed by atoms with Crippen molar-refractivity contribution in [3.05, 3.63) is 25.3 Å². The molecule has 3 aliphatic rings. The lowest BCUT2D eigenvalue weighted by molar-refractivity contribution is -0.157. The molecular weight excluding hydrogens is 424 g/mol. The highest BCUT2D eigenvalue weighted by Crippen LogP contribution is 2.59. The zero-order valence-corrected chi connectivity index (χ0v) is 20.3. The van der Waals surface area contributed by atoms with Gasteiger partial charge in [0, 0.05) is 12.1 Å². The van der Waals surface area contributed by atoms with Crippen molar-refractivity contribution >= 4 is 17.8 Å². The standard InChI is InChI=1S/C25H38N2O6/c1-7-9-10-14-32-23(31)18-17-11-12-25(33-17)19(18)21(29)27(16(3)15-28)20(25)22(30)26(13-8-2)24(4,5)6/h7-8,16-20,28H,1-2,9-15H2,3-6H3/t16-,17+,18-,19+,20?,25?/m1/s1. The van der Waals surface area contributed by atoms with Crippen LogP contribution in [-0.4, -0.2) is 81.8 Å². The topological polar surface area (TPSA) is 96.4 Å². The summed E-state index contributed by atoms with van der Waals surface area (Å²) in [5.74, 6) is -2.57. The quantitative estimate of drug-likeness (QED) is 0.303. The lowest BCUT2D eigenvalue weighted by atomic mass is 9.70. The Morgan fingerprint density at radius 3 is 2.64 bits per heavy atom. The second-order valence-corrected chi connectivity index (χ2v) is 10.3. The van der Waals surface area contributed by atoms with Gasteiger partial charge >= 0.3 is 5.97 Å². The van der Waals surface area contributed by atoms with Gasteiger partial charge in [-0.2, -0.15) is 0 Å². The summed E-state index contributed by atoms with van der Waals surface area (Å²) in [4.78, 5) is 43.9. The highest BCUT2D eigenvalue weighted by atomic mass is 16.6. The van der Waals surface area contributed by atoms with Crippen LogP contribution in [0.1, 0.15) is 53.4 Å². The van der Waals surface area contributed by atoms with E-state index >= 15 is 0 Å². The monoisotopic (exact) mass is 462 g/mol. The summed E-state index contributed by atoms with van der Waals surface area (Å²) in [5.41, 5.74) is -1.62. The molecule has 8 nitrogen and oxygen atoms in total. The Morgan fingerprint density at radius 2 is 2.06 bits per heavy atom. The van der Waals surface area contributed by atoms with Crippen LogP contribution in [-0.2, 0) is 23.9 Å². The van der Waals surface area contributed by atoms with Crippen LogP contribution < -0.4 is 0 Å². The lowest BCUT2D eigenvalue weighted by Crippen LogP contribution is -2.61. The minimum Gasteiger partial charge on any atom is -0.465 e. The average Bonchev–Trinajstić information content (AvgIpc) is 3.40. The zero-order valence-electron chi connectivity index (χ0n) is 20.3. The molecule has 0 aromatic rings. The Morgan fingerprint density at radius 1 is 1.36 bits per heavy atom. The number of carbonyl (C=O) groups excluding carboxylic acids is 3. The number of allylic oxidation sites excluding steroid dienone is 1. The molecular formula is C25H38N2O6. The normalized spacial score (nSPS) is 31.3. The molecule has 2 unspecified atom stereocenters. The van der Waals surface area contributed by atoms with E-state index in [9.17, 15) is 19.5 Å². The number of ether oxygens (including phenoxy) is 2. The third-order valence-electron chi connectivity index (χ3n) is 7.17. The SMILES string of the molecule is C=CCCCOC(=O)[C@@H]1[C@@H]2CCC3(O2)C(C(=O)N(CC=C)C(C)(C)C)N([C@H](C)CO)C(=O)[C@H]13. The van der Waals surface area contributed by atoms with Gasteiger partial charge in [0.15, 0.2) is 0 Å². The molecule has 6 atom stereocenters. The van der Waals surface area contributed by atoms with Crippen LogP contribution in [0, 0.1) is 11.8 Å². The molecule has 3 heterocycles. The molecule has 8 heteroatoms. The number of aliphatic hydroxyl groups excluding tert-OH is 1. The maximum Gasteiger partial charge on any atom is 0.312 e. The zero-order chi connectivity index (χ0) is 24.6. The Kier molecular flexibility index (Phi) is 7.39. The van der Waals surface area contributed by atoms with Gasteiger partial charge in [0.25, 0.3) is 0 Å². The molecule has 1 N–H and O–H groups in total. The Hall–Kier alpha value is -2.19. The molecule has 2 bridgehead atoms. The van der Waals surface area contributed by atoms with E-state index in [0.29, 0.717) is 25.8 Å². The fourth-order valence-corrected chi connectivity index (χ4v) is 5.67. The molecule has 0 aromatic heterocycles. The second kappa shape index (κ2) is 9.58. The van der Waals surface area contributed by atoms with Gasteiger partial charge in [-0.05, 0) is 53.4 Å². The Bertz CT molecular complexity index is 805. The number of hydrogen-bond donors (Lipinski definition) is 1. The van der Waals surface area contributed by atoms with Crippen molar-refractivity contribution in [2.75, 3.05) is 19.8 Å². The summed E-state index contributed by atoms with van der Waals surface area (Å²) in [7, 11) is 0. The average molecular weight is 463 g/mol. The third-order valence-corrected chi connectivity index (χ3v) is 7.17. The molecule has 2 amide bonds. The highest BCUT2D eigenvalue weighted by Gasteiger charge is 2.75. The van der Waals surface area contributed by atoms with Crippen molar-refractivity contribution in [1.82, 2.24) is 9.80 Å². The number of unbranched alkanes of at least 4 members (excludes halogenated alkanes) is 1. The number of aliphatic hydroxyl groups is 1. The largest absolute Gasteiger partial charge is 0.465 e. The van der Waals surface area contributed by atoms with E-state index in [0.717, 1.165) is 6.42 Å². The minimum absolute atomic E-state index is 0.248. The van der Waals surface area contributed by atoms with E-state index in [-0.39, 0.29) is 25.0 Å². The van der Waals surface area contributed by atoms with Crippen molar-refractivity contribution in [1.29, 1.82) is 0 Å². The number of fused-ring (bicyclic) bond motifs is 1. The van der Waals surface area contributed by atoms with Gasteiger partial charge in [0.05, 0.1) is 37.2 Å². The molecule has 0 aromatic carbocycles. The van der Waals surface area contributed by atoms with Crippen molar-refractivity contribution < 1.29 is 29.0 Å². The van der Waals surface area contributed by atoms with Crippen LogP contribution in [0.15, 0.2) is 25.3 Å². The molecule has 3 aliphatic heterocycles. The molecule has 0 aliphatic carbocycles. The fraction of sp³-hybridized carbons (Fsp3) is 0.720. The van der Waals surface area contributed by atoms with Crippen molar-refractivity contribution in [2.24, 2.45) is 11.8 Å². The molecule has 0 saturated carbocycles.